The van der Waals surface area contributed by atoms with E-state index in [0.29, 0.717) is 6.04 Å². The average molecular weight is 320 g/mol. The van der Waals surface area contributed by atoms with Crippen molar-refractivity contribution in [3.8, 4) is 0 Å². The Labute approximate surface area is 135 Å². The zero-order valence-corrected chi connectivity index (χ0v) is 14.5. The molecule has 1 aliphatic rings. The van der Waals surface area contributed by atoms with Crippen LogP contribution in [0.5, 0.6) is 0 Å². The summed E-state index contributed by atoms with van der Waals surface area (Å²) in [6.45, 7) is 11.8. The smallest absolute Gasteiger partial charge is 0.141 e. The van der Waals surface area contributed by atoms with Crippen LogP contribution in [0.4, 0.5) is 5.82 Å². The number of hydrogen-bond acceptors (Lipinski definition) is 6. The van der Waals surface area contributed by atoms with Crippen LogP contribution in [-0.2, 0) is 0 Å². The molecule has 0 aliphatic carbocycles. The Kier molecular flexibility index (Phi) is 4.34. The highest BCUT2D eigenvalue weighted by Crippen LogP contribution is 2.33. The van der Waals surface area contributed by atoms with Crippen LogP contribution in [0.2, 0.25) is 0 Å². The van der Waals surface area contributed by atoms with Crippen molar-refractivity contribution in [1.82, 2.24) is 14.9 Å². The van der Waals surface area contributed by atoms with E-state index in [1.807, 2.05) is 13.8 Å². The number of fused-ring (bicyclic) bond motifs is 1. The first kappa shape index (κ1) is 15.6. The number of rotatable bonds is 3. The molecule has 2 atom stereocenters. The van der Waals surface area contributed by atoms with E-state index in [2.05, 4.69) is 34.0 Å². The van der Waals surface area contributed by atoms with Gasteiger partial charge >= 0.3 is 0 Å². The summed E-state index contributed by atoms with van der Waals surface area (Å²) in [5.41, 5.74) is 1.26. The summed E-state index contributed by atoms with van der Waals surface area (Å²) in [7, 11) is 0. The van der Waals surface area contributed by atoms with E-state index in [0.717, 1.165) is 42.7 Å². The molecule has 0 aromatic carbocycles. The number of piperazine rings is 1. The Morgan fingerprint density at radius 3 is 2.82 bits per heavy atom. The maximum absolute atomic E-state index is 9.59. The molecule has 0 bridgehead atoms. The van der Waals surface area contributed by atoms with Gasteiger partial charge in [-0.1, -0.05) is 0 Å². The number of aliphatic hydroxyl groups excluding tert-OH is 1. The van der Waals surface area contributed by atoms with Crippen LogP contribution >= 0.6 is 11.3 Å². The average Bonchev–Trinajstić information content (AvgIpc) is 2.79. The fraction of sp³-hybridized carbons (Fsp3) is 0.625. The first-order chi connectivity index (χ1) is 10.5. The van der Waals surface area contributed by atoms with Crippen LogP contribution < -0.4 is 4.90 Å². The molecule has 0 spiro atoms. The Morgan fingerprint density at radius 1 is 1.36 bits per heavy atom. The second-order valence-electron chi connectivity index (χ2n) is 6.34. The molecule has 22 heavy (non-hydrogen) atoms. The van der Waals surface area contributed by atoms with E-state index in [1.165, 1.54) is 10.9 Å². The third-order valence-corrected chi connectivity index (χ3v) is 5.21. The fourth-order valence-corrected chi connectivity index (χ4v) is 4.22. The largest absolute Gasteiger partial charge is 0.392 e. The molecule has 1 saturated heterocycles. The van der Waals surface area contributed by atoms with Gasteiger partial charge in [0.15, 0.2) is 0 Å². The number of aliphatic hydroxyl groups is 1. The van der Waals surface area contributed by atoms with Crippen molar-refractivity contribution in [2.45, 2.75) is 39.8 Å². The molecule has 5 nitrogen and oxygen atoms in total. The van der Waals surface area contributed by atoms with Crippen LogP contribution in [-0.4, -0.2) is 58.3 Å². The van der Waals surface area contributed by atoms with Gasteiger partial charge in [-0.3, -0.25) is 4.90 Å². The van der Waals surface area contributed by atoms with Crippen molar-refractivity contribution >= 4 is 27.4 Å². The molecule has 0 radical (unpaired) electrons. The zero-order valence-electron chi connectivity index (χ0n) is 13.7. The monoisotopic (exact) mass is 320 g/mol. The van der Waals surface area contributed by atoms with Crippen molar-refractivity contribution < 1.29 is 5.11 Å². The quantitative estimate of drug-likeness (QED) is 0.939. The Morgan fingerprint density at radius 2 is 2.14 bits per heavy atom. The number of anilines is 1. The van der Waals surface area contributed by atoms with Gasteiger partial charge in [-0.25, -0.2) is 9.97 Å². The third kappa shape index (κ3) is 2.95. The summed E-state index contributed by atoms with van der Waals surface area (Å²) in [5.74, 6) is 1.91. The van der Waals surface area contributed by atoms with Gasteiger partial charge in [0.1, 0.15) is 16.5 Å². The number of thiophene rings is 1. The molecule has 6 heteroatoms. The van der Waals surface area contributed by atoms with Gasteiger partial charge in [0.05, 0.1) is 11.5 Å². The van der Waals surface area contributed by atoms with Crippen molar-refractivity contribution in [3.63, 3.8) is 0 Å². The minimum absolute atomic E-state index is 0.272. The molecule has 1 fully saturated rings. The summed E-state index contributed by atoms with van der Waals surface area (Å²) in [6.07, 6.45) is -0.272. The van der Waals surface area contributed by atoms with Crippen LogP contribution in [0.1, 0.15) is 25.2 Å². The van der Waals surface area contributed by atoms with E-state index in [4.69, 9.17) is 4.98 Å². The van der Waals surface area contributed by atoms with E-state index < -0.39 is 0 Å². The topological polar surface area (TPSA) is 52.5 Å². The Hall–Kier alpha value is -1.24. The van der Waals surface area contributed by atoms with Gasteiger partial charge in [-0.15, -0.1) is 11.3 Å². The molecule has 2 aromatic heterocycles. The van der Waals surface area contributed by atoms with Gasteiger partial charge in [0.2, 0.25) is 0 Å². The molecule has 2 aromatic rings. The first-order valence-electron chi connectivity index (χ1n) is 7.85. The summed E-state index contributed by atoms with van der Waals surface area (Å²) in [5, 5.41) is 12.9. The summed E-state index contributed by atoms with van der Waals surface area (Å²) >= 11 is 1.70. The van der Waals surface area contributed by atoms with Gasteiger partial charge in [-0.2, -0.15) is 0 Å². The predicted molar refractivity (Wildman–Crippen MR) is 91.8 cm³/mol. The predicted octanol–water partition coefficient (Wildman–Crippen LogP) is 2.20. The summed E-state index contributed by atoms with van der Waals surface area (Å²) < 4.78 is 0. The number of aryl methyl sites for hydroxylation is 2. The van der Waals surface area contributed by atoms with Gasteiger partial charge < -0.3 is 10.0 Å². The molecule has 0 amide bonds. The lowest BCUT2D eigenvalue weighted by atomic mass is 10.1. The van der Waals surface area contributed by atoms with Crippen molar-refractivity contribution in [1.29, 1.82) is 0 Å². The Balaban J connectivity index is 1.90. The zero-order chi connectivity index (χ0) is 15.9. The fourth-order valence-electron chi connectivity index (χ4n) is 3.26. The highest BCUT2D eigenvalue weighted by atomic mass is 32.1. The lowest BCUT2D eigenvalue weighted by Gasteiger charge is -2.41. The third-order valence-electron chi connectivity index (χ3n) is 4.22. The number of β-amino-alcohol motifs (C(OH)–C–C–N with tert-alkyl or cyclic N) is 1. The first-order valence-corrected chi connectivity index (χ1v) is 8.73. The minimum Gasteiger partial charge on any atom is -0.392 e. The van der Waals surface area contributed by atoms with E-state index >= 15 is 0 Å². The maximum Gasteiger partial charge on any atom is 0.141 e. The van der Waals surface area contributed by atoms with Crippen LogP contribution in [0.3, 0.4) is 0 Å². The van der Waals surface area contributed by atoms with Gasteiger partial charge in [0, 0.05) is 32.2 Å². The summed E-state index contributed by atoms with van der Waals surface area (Å²) in [6, 6.07) is 0.379. The SMILES string of the molecule is Cc1nc(N2CCN(CC(C)O)CC2C)c2c(C)csc2n1. The summed E-state index contributed by atoms with van der Waals surface area (Å²) in [4.78, 5) is 15.1. The molecule has 120 valence electrons. The second-order valence-corrected chi connectivity index (χ2v) is 7.20. The molecule has 1 aliphatic heterocycles. The normalized spacial score (nSPS) is 21.5. The number of aromatic nitrogens is 2. The van der Waals surface area contributed by atoms with Crippen LogP contribution in [0.15, 0.2) is 5.38 Å². The molecule has 0 saturated carbocycles. The van der Waals surface area contributed by atoms with E-state index in [-0.39, 0.29) is 6.10 Å². The maximum atomic E-state index is 9.59. The minimum atomic E-state index is -0.272. The van der Waals surface area contributed by atoms with Crippen LogP contribution in [0, 0.1) is 13.8 Å². The molecule has 2 unspecified atom stereocenters. The highest BCUT2D eigenvalue weighted by molar-refractivity contribution is 7.17. The molecule has 1 N–H and O–H groups in total. The van der Waals surface area contributed by atoms with Gasteiger partial charge in [-0.05, 0) is 38.6 Å². The lowest BCUT2D eigenvalue weighted by molar-refractivity contribution is 0.114. The van der Waals surface area contributed by atoms with E-state index in [9.17, 15) is 5.11 Å². The van der Waals surface area contributed by atoms with Crippen molar-refractivity contribution in [2.24, 2.45) is 0 Å². The van der Waals surface area contributed by atoms with Gasteiger partial charge in [0.25, 0.3) is 0 Å². The number of hydrogen-bond donors (Lipinski definition) is 1. The number of nitrogens with zero attached hydrogens (tertiary/aromatic N) is 4. The highest BCUT2D eigenvalue weighted by Gasteiger charge is 2.27. The molecular formula is C16H24N4OS. The molecule has 3 rings (SSSR count). The van der Waals surface area contributed by atoms with Crippen LogP contribution in [0.25, 0.3) is 10.2 Å². The molecular weight excluding hydrogens is 296 g/mol. The van der Waals surface area contributed by atoms with E-state index in [1.54, 1.807) is 11.3 Å². The van der Waals surface area contributed by atoms with Crippen molar-refractivity contribution in [3.05, 3.63) is 16.8 Å². The molecule has 3 heterocycles. The van der Waals surface area contributed by atoms with Crippen molar-refractivity contribution in [2.75, 3.05) is 31.1 Å². The lowest BCUT2D eigenvalue weighted by Crippen LogP contribution is -2.53. The standard InChI is InChI=1S/C16H24N4OS/c1-10-9-22-16-14(10)15(17-13(4)18-16)20-6-5-19(7-11(20)2)8-12(3)21/h9,11-12,21H,5-8H2,1-4H3. The Bertz CT molecular complexity index is 669. The second kappa shape index (κ2) is 6.10.